The van der Waals surface area contributed by atoms with Gasteiger partial charge in [-0.05, 0) is 0 Å². The third-order valence-electron chi connectivity index (χ3n) is 0.283. The zero-order valence-electron chi connectivity index (χ0n) is 8.69. The van der Waals surface area contributed by atoms with Gasteiger partial charge in [0, 0.05) is 28.4 Å². The molecule has 0 bridgehead atoms. The SMILES string of the molecule is CO.CO.CO.CO.[O]=[Mo]1[O][Mo](=[O])([OH])[O]1. The summed E-state index contributed by atoms with van der Waals surface area (Å²) in [6.07, 6.45) is 0. The van der Waals surface area contributed by atoms with Gasteiger partial charge in [0.05, 0.1) is 0 Å². The van der Waals surface area contributed by atoms with Crippen molar-refractivity contribution < 1.29 is 70.3 Å². The van der Waals surface area contributed by atoms with Crippen molar-refractivity contribution >= 4 is 0 Å². The van der Waals surface area contributed by atoms with Crippen molar-refractivity contribution in [3.63, 3.8) is 0 Å². The fraction of sp³-hybridized carbons (Fsp3) is 1.00. The van der Waals surface area contributed by atoms with Crippen LogP contribution in [-0.4, -0.2) is 52.6 Å². The fourth-order valence-corrected chi connectivity index (χ4v) is 5.09. The van der Waals surface area contributed by atoms with Gasteiger partial charge in [0.2, 0.25) is 0 Å². The molecule has 0 aromatic heterocycles. The molecule has 1 rings (SSSR count). The summed E-state index contributed by atoms with van der Waals surface area (Å²) >= 11 is -7.51. The Balaban J connectivity index is -0.0000000650. The van der Waals surface area contributed by atoms with Crippen LogP contribution in [0.25, 0.3) is 0 Å². The summed E-state index contributed by atoms with van der Waals surface area (Å²) in [7, 11) is 4.00. The van der Waals surface area contributed by atoms with E-state index in [4.69, 9.17) is 24.2 Å². The Labute approximate surface area is 98.5 Å². The van der Waals surface area contributed by atoms with Crippen LogP contribution < -0.4 is 0 Å². The van der Waals surface area contributed by atoms with E-state index in [1.54, 1.807) is 0 Å². The molecule has 99 valence electrons. The van der Waals surface area contributed by atoms with E-state index >= 15 is 0 Å². The molecular formula is C4H17Mo2O9. The van der Waals surface area contributed by atoms with E-state index in [1.807, 2.05) is 0 Å². The number of hydrogen-bond donors (Lipinski definition) is 5. The van der Waals surface area contributed by atoms with Crippen LogP contribution in [-0.2, 0) is 46.1 Å². The first kappa shape index (κ1) is 24.8. The van der Waals surface area contributed by atoms with E-state index in [0.717, 1.165) is 28.4 Å². The van der Waals surface area contributed by atoms with Crippen LogP contribution >= 0.6 is 0 Å². The van der Waals surface area contributed by atoms with Crippen LogP contribution in [0.2, 0.25) is 0 Å². The summed E-state index contributed by atoms with van der Waals surface area (Å²) in [5.74, 6) is 0. The van der Waals surface area contributed by atoms with Crippen molar-refractivity contribution in [2.24, 2.45) is 0 Å². The van der Waals surface area contributed by atoms with Gasteiger partial charge in [0.25, 0.3) is 0 Å². The Morgan fingerprint density at radius 2 is 1.07 bits per heavy atom. The minimum absolute atomic E-state index is 1.00. The van der Waals surface area contributed by atoms with Crippen LogP contribution in [0.5, 0.6) is 0 Å². The molecule has 0 atom stereocenters. The molecular weight excluding hydrogens is 384 g/mol. The monoisotopic (exact) mass is 405 g/mol. The van der Waals surface area contributed by atoms with Crippen LogP contribution in [0, 0.1) is 0 Å². The first-order valence-electron chi connectivity index (χ1n) is 2.97. The molecule has 0 aromatic carbocycles. The average molecular weight is 401 g/mol. The summed E-state index contributed by atoms with van der Waals surface area (Å²) < 4.78 is 35.7. The standard InChI is InChI=1S/4CH4O.2Mo.H2O.4O/c4*1-2;;;;;;;/h4*2H,1H3;;;1H2;;;;/q;;;;;+1;;;;;/p-1. The van der Waals surface area contributed by atoms with Crippen molar-refractivity contribution in [3.8, 4) is 0 Å². The Hall–Kier alpha value is 0.697. The zero-order chi connectivity index (χ0) is 13.5. The number of hydrogen-bond acceptors (Lipinski definition) is 8. The van der Waals surface area contributed by atoms with Gasteiger partial charge in [-0.15, -0.1) is 0 Å². The Morgan fingerprint density at radius 3 is 1.07 bits per heavy atom. The molecule has 0 unspecified atom stereocenters. The second kappa shape index (κ2) is 20.2. The Bertz CT molecular complexity index is 148. The van der Waals surface area contributed by atoms with Crippen molar-refractivity contribution in [2.75, 3.05) is 28.4 Å². The molecule has 5 N–H and O–H groups in total. The molecule has 9 nitrogen and oxygen atoms in total. The molecule has 0 spiro atoms. The van der Waals surface area contributed by atoms with Gasteiger partial charge in [-0.1, -0.05) is 0 Å². The molecule has 0 aromatic rings. The molecule has 1 aliphatic heterocycles. The van der Waals surface area contributed by atoms with E-state index in [2.05, 4.69) is 4.09 Å². The molecule has 11 heteroatoms. The second-order valence-electron chi connectivity index (χ2n) is 0.768. The zero-order valence-corrected chi connectivity index (χ0v) is 12.7. The van der Waals surface area contributed by atoms with E-state index < -0.39 is 35.2 Å². The molecule has 0 amide bonds. The van der Waals surface area contributed by atoms with Crippen LogP contribution in [0.15, 0.2) is 0 Å². The predicted octanol–water partition coefficient (Wildman–Crippen LogP) is -2.50. The van der Waals surface area contributed by atoms with Crippen molar-refractivity contribution in [1.29, 1.82) is 0 Å². The summed E-state index contributed by atoms with van der Waals surface area (Å²) in [4.78, 5) is 0. The summed E-state index contributed by atoms with van der Waals surface area (Å²) in [6.45, 7) is 0. The quantitative estimate of drug-likeness (QED) is 0.277. The van der Waals surface area contributed by atoms with Crippen LogP contribution in [0.3, 0.4) is 0 Å². The molecule has 15 heavy (non-hydrogen) atoms. The van der Waals surface area contributed by atoms with Gasteiger partial charge < -0.3 is 20.4 Å². The van der Waals surface area contributed by atoms with Gasteiger partial charge in [0.1, 0.15) is 0 Å². The third kappa shape index (κ3) is 20.7. The number of aliphatic hydroxyl groups is 4. The van der Waals surface area contributed by atoms with Gasteiger partial charge >= 0.3 is 49.8 Å². The topological polar surface area (TPSA) is 154 Å². The average Bonchev–Trinajstić information content (AvgIpc) is 2.27. The van der Waals surface area contributed by atoms with Crippen molar-refractivity contribution in [3.05, 3.63) is 0 Å². The molecule has 1 saturated heterocycles. The van der Waals surface area contributed by atoms with Crippen molar-refractivity contribution in [1.82, 2.24) is 0 Å². The molecule has 0 radical (unpaired) electrons. The van der Waals surface area contributed by atoms with Crippen molar-refractivity contribution in [2.45, 2.75) is 0 Å². The van der Waals surface area contributed by atoms with Gasteiger partial charge in [-0.2, -0.15) is 0 Å². The van der Waals surface area contributed by atoms with E-state index in [9.17, 15) is 6.80 Å². The van der Waals surface area contributed by atoms with E-state index in [0.29, 0.717) is 0 Å². The summed E-state index contributed by atoms with van der Waals surface area (Å²) in [6, 6.07) is 0. The van der Waals surface area contributed by atoms with E-state index in [-0.39, 0.29) is 0 Å². The number of rotatable bonds is 0. The summed E-state index contributed by atoms with van der Waals surface area (Å²) in [5, 5.41) is 28.0. The Morgan fingerprint density at radius 1 is 0.867 bits per heavy atom. The predicted molar refractivity (Wildman–Crippen MR) is 38.3 cm³/mol. The molecule has 0 aliphatic carbocycles. The maximum absolute atomic E-state index is 9.91. The number of aliphatic hydroxyl groups excluding tert-OH is 4. The molecule has 0 saturated carbocycles. The molecule has 1 heterocycles. The molecule has 1 fully saturated rings. The van der Waals surface area contributed by atoms with Crippen LogP contribution in [0.4, 0.5) is 0 Å². The van der Waals surface area contributed by atoms with Gasteiger partial charge in [-0.25, -0.2) is 0 Å². The fourth-order valence-electron chi connectivity index (χ4n) is 0.146. The Kier molecular flexibility index (Phi) is 33.3. The van der Waals surface area contributed by atoms with Crippen LogP contribution in [0.1, 0.15) is 0 Å². The third-order valence-corrected chi connectivity index (χ3v) is 9.91. The van der Waals surface area contributed by atoms with Gasteiger partial charge in [-0.3, -0.25) is 0 Å². The van der Waals surface area contributed by atoms with E-state index in [1.165, 1.54) is 0 Å². The first-order valence-corrected chi connectivity index (χ1v) is 8.79. The maximum atomic E-state index is 9.91. The summed E-state index contributed by atoms with van der Waals surface area (Å²) in [5.41, 5.74) is 0. The normalized spacial score (nSPS) is 15.3. The molecule has 1 aliphatic rings. The second-order valence-corrected chi connectivity index (χ2v) is 8.50. The van der Waals surface area contributed by atoms with Gasteiger partial charge in [0.15, 0.2) is 0 Å². The minimum atomic E-state index is -4.45. The first-order chi connectivity index (χ1) is 7.10.